The number of hydrogen-bond donors (Lipinski definition) is 2. The van der Waals surface area contributed by atoms with Gasteiger partial charge in [-0.25, -0.2) is 4.79 Å². The maximum atomic E-state index is 12.3. The molecule has 1 aromatic carbocycles. The van der Waals surface area contributed by atoms with Gasteiger partial charge in [-0.15, -0.1) is 0 Å². The van der Waals surface area contributed by atoms with Crippen molar-refractivity contribution in [2.75, 3.05) is 18.1 Å². The number of hydrogen-bond acceptors (Lipinski definition) is 3. The molecule has 20 heavy (non-hydrogen) atoms. The number of thioether (sulfide) groups is 1. The molecule has 1 saturated heterocycles. The van der Waals surface area contributed by atoms with Gasteiger partial charge in [-0.05, 0) is 48.8 Å². The molecule has 1 heterocycles. The molecule has 0 aliphatic carbocycles. The van der Waals surface area contributed by atoms with Gasteiger partial charge >= 0.3 is 5.97 Å². The van der Waals surface area contributed by atoms with Crippen molar-refractivity contribution >= 4 is 23.6 Å². The molecule has 0 bridgehead atoms. The van der Waals surface area contributed by atoms with E-state index < -0.39 is 5.97 Å². The molecule has 1 aromatic rings. The SMILES string of the molecule is Cc1ccc(C)c(C(=O)NCC2CCSC2)c1C(=O)O. The lowest BCUT2D eigenvalue weighted by molar-refractivity contribution is 0.0690. The number of carbonyl (C=O) groups excluding carboxylic acids is 1. The Morgan fingerprint density at radius 3 is 2.50 bits per heavy atom. The molecular formula is C15H19NO3S. The van der Waals surface area contributed by atoms with Crippen molar-refractivity contribution in [2.45, 2.75) is 20.3 Å². The summed E-state index contributed by atoms with van der Waals surface area (Å²) in [5.41, 5.74) is 1.72. The highest BCUT2D eigenvalue weighted by Gasteiger charge is 2.22. The average Bonchev–Trinajstić information content (AvgIpc) is 2.91. The normalized spacial score (nSPS) is 18.0. The maximum absolute atomic E-state index is 12.3. The lowest BCUT2D eigenvalue weighted by Gasteiger charge is -2.14. The predicted molar refractivity (Wildman–Crippen MR) is 80.6 cm³/mol. The fourth-order valence-corrected chi connectivity index (χ4v) is 3.73. The van der Waals surface area contributed by atoms with Crippen LogP contribution < -0.4 is 5.32 Å². The largest absolute Gasteiger partial charge is 0.478 e. The summed E-state index contributed by atoms with van der Waals surface area (Å²) in [5.74, 6) is 1.39. The van der Waals surface area contributed by atoms with E-state index in [1.165, 1.54) is 0 Å². The smallest absolute Gasteiger partial charge is 0.336 e. The predicted octanol–water partition coefficient (Wildman–Crippen LogP) is 2.48. The Morgan fingerprint density at radius 2 is 1.95 bits per heavy atom. The van der Waals surface area contributed by atoms with Gasteiger partial charge in [0.25, 0.3) is 5.91 Å². The lowest BCUT2D eigenvalue weighted by Crippen LogP contribution is -2.31. The Labute approximate surface area is 123 Å². The summed E-state index contributed by atoms with van der Waals surface area (Å²) in [6.07, 6.45) is 1.11. The molecule has 5 heteroatoms. The topological polar surface area (TPSA) is 66.4 Å². The second kappa shape index (κ2) is 6.31. The number of amides is 1. The number of carboxylic acid groups (broad SMARTS) is 1. The zero-order valence-electron chi connectivity index (χ0n) is 11.7. The Hall–Kier alpha value is -1.49. The highest BCUT2D eigenvalue weighted by molar-refractivity contribution is 7.99. The van der Waals surface area contributed by atoms with E-state index in [2.05, 4.69) is 5.32 Å². The summed E-state index contributed by atoms with van der Waals surface area (Å²) < 4.78 is 0. The summed E-state index contributed by atoms with van der Waals surface area (Å²) in [6.45, 7) is 4.11. The van der Waals surface area contributed by atoms with E-state index in [4.69, 9.17) is 0 Å². The molecule has 0 saturated carbocycles. The molecule has 1 unspecified atom stereocenters. The summed E-state index contributed by atoms with van der Waals surface area (Å²) in [4.78, 5) is 23.7. The fraction of sp³-hybridized carbons (Fsp3) is 0.467. The van der Waals surface area contributed by atoms with Crippen LogP contribution in [-0.2, 0) is 0 Å². The third-order valence-electron chi connectivity index (χ3n) is 3.64. The van der Waals surface area contributed by atoms with E-state index in [1.807, 2.05) is 11.8 Å². The summed E-state index contributed by atoms with van der Waals surface area (Å²) >= 11 is 1.90. The molecule has 2 N–H and O–H groups in total. The van der Waals surface area contributed by atoms with Crippen LogP contribution in [0.15, 0.2) is 12.1 Å². The minimum absolute atomic E-state index is 0.114. The Balaban J connectivity index is 2.19. The number of benzene rings is 1. The molecule has 4 nitrogen and oxygen atoms in total. The lowest BCUT2D eigenvalue weighted by atomic mass is 9.96. The third kappa shape index (κ3) is 3.15. The summed E-state index contributed by atoms with van der Waals surface area (Å²) in [6, 6.07) is 3.53. The number of rotatable bonds is 4. The van der Waals surface area contributed by atoms with Crippen molar-refractivity contribution in [2.24, 2.45) is 5.92 Å². The monoisotopic (exact) mass is 293 g/mol. The van der Waals surface area contributed by atoms with Gasteiger partial charge in [-0.3, -0.25) is 4.79 Å². The van der Waals surface area contributed by atoms with Gasteiger partial charge in [-0.2, -0.15) is 11.8 Å². The maximum Gasteiger partial charge on any atom is 0.336 e. The van der Waals surface area contributed by atoms with Crippen molar-refractivity contribution in [1.82, 2.24) is 5.32 Å². The van der Waals surface area contributed by atoms with Gasteiger partial charge in [-0.1, -0.05) is 12.1 Å². The first-order valence-electron chi connectivity index (χ1n) is 6.70. The molecule has 2 rings (SSSR count). The van der Waals surface area contributed by atoms with E-state index in [-0.39, 0.29) is 11.5 Å². The molecule has 1 aliphatic heterocycles. The average molecular weight is 293 g/mol. The van der Waals surface area contributed by atoms with Crippen LogP contribution in [0.5, 0.6) is 0 Å². The van der Waals surface area contributed by atoms with Crippen LogP contribution in [0.3, 0.4) is 0 Å². The minimum atomic E-state index is -1.05. The number of aryl methyl sites for hydroxylation is 2. The first kappa shape index (κ1) is 14.9. The van der Waals surface area contributed by atoms with Crippen LogP contribution in [0.1, 0.15) is 38.3 Å². The molecular weight excluding hydrogens is 274 g/mol. The van der Waals surface area contributed by atoms with Crippen LogP contribution in [-0.4, -0.2) is 35.0 Å². The van der Waals surface area contributed by atoms with Gasteiger partial charge < -0.3 is 10.4 Å². The number of aromatic carboxylic acids is 1. The molecule has 0 spiro atoms. The second-order valence-electron chi connectivity index (χ2n) is 5.19. The van der Waals surface area contributed by atoms with Crippen molar-refractivity contribution in [3.8, 4) is 0 Å². The molecule has 1 atom stereocenters. The van der Waals surface area contributed by atoms with E-state index in [9.17, 15) is 14.7 Å². The van der Waals surface area contributed by atoms with Gasteiger partial charge in [0, 0.05) is 6.54 Å². The third-order valence-corrected chi connectivity index (χ3v) is 4.87. The Kier molecular flexibility index (Phi) is 4.70. The van der Waals surface area contributed by atoms with Crippen LogP contribution in [0.2, 0.25) is 0 Å². The minimum Gasteiger partial charge on any atom is -0.478 e. The quantitative estimate of drug-likeness (QED) is 0.895. The Morgan fingerprint density at radius 1 is 1.30 bits per heavy atom. The van der Waals surface area contributed by atoms with Crippen molar-refractivity contribution in [1.29, 1.82) is 0 Å². The van der Waals surface area contributed by atoms with Gasteiger partial charge in [0.1, 0.15) is 0 Å². The van der Waals surface area contributed by atoms with Crippen molar-refractivity contribution in [3.05, 3.63) is 34.4 Å². The van der Waals surface area contributed by atoms with E-state index in [1.54, 1.807) is 26.0 Å². The first-order chi connectivity index (χ1) is 9.50. The molecule has 1 aliphatic rings. The standard InChI is InChI=1S/C15H19NO3S/c1-9-3-4-10(2)13(15(18)19)12(9)14(17)16-7-11-5-6-20-8-11/h3-4,11H,5-8H2,1-2H3,(H,16,17)(H,18,19). The second-order valence-corrected chi connectivity index (χ2v) is 6.34. The zero-order valence-corrected chi connectivity index (χ0v) is 12.5. The summed E-state index contributed by atoms with van der Waals surface area (Å²) in [5, 5.41) is 12.2. The molecule has 1 fully saturated rings. The van der Waals surface area contributed by atoms with Crippen LogP contribution in [0.25, 0.3) is 0 Å². The highest BCUT2D eigenvalue weighted by Crippen LogP contribution is 2.23. The van der Waals surface area contributed by atoms with Gasteiger partial charge in [0.2, 0.25) is 0 Å². The molecule has 108 valence electrons. The van der Waals surface area contributed by atoms with Crippen LogP contribution in [0.4, 0.5) is 0 Å². The van der Waals surface area contributed by atoms with Crippen LogP contribution in [0, 0.1) is 19.8 Å². The number of nitrogens with one attached hydrogen (secondary N) is 1. The summed E-state index contributed by atoms with van der Waals surface area (Å²) in [7, 11) is 0. The molecule has 0 radical (unpaired) electrons. The van der Waals surface area contributed by atoms with Crippen molar-refractivity contribution in [3.63, 3.8) is 0 Å². The zero-order chi connectivity index (χ0) is 14.7. The van der Waals surface area contributed by atoms with Crippen LogP contribution >= 0.6 is 11.8 Å². The van der Waals surface area contributed by atoms with E-state index in [0.717, 1.165) is 17.9 Å². The van der Waals surface area contributed by atoms with E-state index in [0.29, 0.717) is 29.2 Å². The van der Waals surface area contributed by atoms with Gasteiger partial charge in [0.05, 0.1) is 11.1 Å². The fourth-order valence-electron chi connectivity index (χ4n) is 2.45. The number of carbonyl (C=O) groups is 2. The van der Waals surface area contributed by atoms with E-state index >= 15 is 0 Å². The molecule has 0 aromatic heterocycles. The highest BCUT2D eigenvalue weighted by atomic mass is 32.2. The van der Waals surface area contributed by atoms with Gasteiger partial charge in [0.15, 0.2) is 0 Å². The Bertz CT molecular complexity index is 536. The number of carboxylic acids is 1. The first-order valence-corrected chi connectivity index (χ1v) is 7.85. The molecule has 1 amide bonds. The van der Waals surface area contributed by atoms with Crippen molar-refractivity contribution < 1.29 is 14.7 Å².